The Balaban J connectivity index is 1.36. The third kappa shape index (κ3) is 4.58. The first-order chi connectivity index (χ1) is 14.1. The Morgan fingerprint density at radius 3 is 2.59 bits per heavy atom. The molecular weight excluding hydrogens is 382 g/mol. The molecule has 1 unspecified atom stereocenters. The van der Waals surface area contributed by atoms with E-state index in [-0.39, 0.29) is 5.91 Å². The second kappa shape index (κ2) is 8.90. The Hall–Kier alpha value is -2.48. The second-order valence-electron chi connectivity index (χ2n) is 7.78. The zero-order valence-corrected chi connectivity index (χ0v) is 17.3. The summed E-state index contributed by atoms with van der Waals surface area (Å²) in [6, 6.07) is 15.9. The maximum atomic E-state index is 13.0. The Morgan fingerprint density at radius 1 is 1.03 bits per heavy atom. The number of carbonyl (C=O) groups excluding carboxylic acids is 1. The van der Waals surface area contributed by atoms with Gasteiger partial charge >= 0.3 is 0 Å². The van der Waals surface area contributed by atoms with Gasteiger partial charge in [0.25, 0.3) is 5.91 Å². The fourth-order valence-electron chi connectivity index (χ4n) is 4.38. The minimum Gasteiger partial charge on any atom is -0.369 e. The van der Waals surface area contributed by atoms with Crippen molar-refractivity contribution in [2.75, 3.05) is 44.2 Å². The lowest BCUT2D eigenvalue weighted by molar-refractivity contribution is 0.0563. The number of benzene rings is 2. The van der Waals surface area contributed by atoms with Gasteiger partial charge in [-0.3, -0.25) is 9.69 Å². The average molecular weight is 408 g/mol. The number of hydrogen-bond donors (Lipinski definition) is 0. The van der Waals surface area contributed by atoms with Crippen molar-refractivity contribution in [1.29, 1.82) is 0 Å². The average Bonchev–Trinajstić information content (AvgIpc) is 2.79. The van der Waals surface area contributed by atoms with E-state index in [1.54, 1.807) is 0 Å². The van der Waals surface area contributed by atoms with Crippen molar-refractivity contribution in [2.24, 2.45) is 0 Å². The fourth-order valence-corrected chi connectivity index (χ4v) is 4.56. The highest BCUT2D eigenvalue weighted by atomic mass is 35.5. The topological polar surface area (TPSA) is 26.8 Å². The van der Waals surface area contributed by atoms with E-state index in [0.29, 0.717) is 11.6 Å². The molecule has 0 aromatic heterocycles. The van der Waals surface area contributed by atoms with Crippen LogP contribution in [0.1, 0.15) is 28.8 Å². The molecule has 2 heterocycles. The zero-order chi connectivity index (χ0) is 20.2. The van der Waals surface area contributed by atoms with Crippen LogP contribution in [0.15, 0.2) is 48.5 Å². The molecule has 2 aromatic carbocycles. The highest BCUT2D eigenvalue weighted by Gasteiger charge is 2.30. The lowest BCUT2D eigenvalue weighted by atomic mass is 10.0. The monoisotopic (exact) mass is 407 g/mol. The summed E-state index contributed by atoms with van der Waals surface area (Å²) in [5, 5.41) is 0.778. The molecule has 2 aliphatic heterocycles. The Bertz CT molecular complexity index is 914. The number of likely N-dealkylation sites (tertiary alicyclic amines) is 1. The normalized spacial score (nSPS) is 20.3. The Kier molecular flexibility index (Phi) is 6.08. The summed E-state index contributed by atoms with van der Waals surface area (Å²) in [4.78, 5) is 19.9. The minimum atomic E-state index is 0.0874. The highest BCUT2D eigenvalue weighted by molar-refractivity contribution is 6.30. The third-order valence-corrected chi connectivity index (χ3v) is 6.20. The third-order valence-electron chi connectivity index (χ3n) is 5.96. The molecule has 0 bridgehead atoms. The molecule has 0 saturated carbocycles. The quantitative estimate of drug-likeness (QED) is 0.725. The van der Waals surface area contributed by atoms with Crippen LogP contribution in [0.2, 0.25) is 5.02 Å². The fraction of sp³-hybridized carbons (Fsp3) is 0.375. The number of piperidine rings is 1. The molecule has 4 rings (SSSR count). The van der Waals surface area contributed by atoms with E-state index in [1.807, 2.05) is 47.4 Å². The molecule has 1 amide bonds. The van der Waals surface area contributed by atoms with Gasteiger partial charge in [-0.1, -0.05) is 29.7 Å². The number of amides is 1. The molecular formula is C24H26ClN3O. The molecule has 0 aliphatic carbocycles. The molecule has 2 fully saturated rings. The van der Waals surface area contributed by atoms with Crippen LogP contribution in [0.5, 0.6) is 0 Å². The largest absolute Gasteiger partial charge is 0.369 e. The van der Waals surface area contributed by atoms with E-state index in [0.717, 1.165) is 62.7 Å². The number of nitrogens with zero attached hydrogens (tertiary/aromatic N) is 3. The van der Waals surface area contributed by atoms with E-state index in [9.17, 15) is 4.79 Å². The number of hydrogen-bond acceptors (Lipinski definition) is 3. The smallest absolute Gasteiger partial charge is 0.253 e. The lowest BCUT2D eigenvalue weighted by Crippen LogP contribution is -2.55. The van der Waals surface area contributed by atoms with Gasteiger partial charge in [0.05, 0.1) is 0 Å². The van der Waals surface area contributed by atoms with E-state index in [4.69, 9.17) is 18.0 Å². The lowest BCUT2D eigenvalue weighted by Gasteiger charge is -2.44. The first-order valence-corrected chi connectivity index (χ1v) is 10.6. The summed E-state index contributed by atoms with van der Waals surface area (Å²) >= 11 is 6.14. The van der Waals surface area contributed by atoms with Gasteiger partial charge < -0.3 is 9.80 Å². The van der Waals surface area contributed by atoms with Gasteiger partial charge in [-0.05, 0) is 49.2 Å². The summed E-state index contributed by atoms with van der Waals surface area (Å²) in [7, 11) is 0. The second-order valence-corrected chi connectivity index (χ2v) is 8.21. The van der Waals surface area contributed by atoms with Gasteiger partial charge in [0.1, 0.15) is 0 Å². The molecule has 0 N–H and O–H groups in total. The van der Waals surface area contributed by atoms with Gasteiger partial charge in [0.15, 0.2) is 0 Å². The standard InChI is InChI=1S/C24H26ClN3O/c1-2-19-6-3-7-20(16-19)24(29)28-11-5-10-23(18-28)27-14-12-26(13-15-27)22-9-4-8-21(25)17-22/h1,3-4,6-9,16-17,23H,5,10-15,18H2. The van der Waals surface area contributed by atoms with E-state index in [2.05, 4.69) is 21.8 Å². The number of rotatable bonds is 3. The first-order valence-electron chi connectivity index (χ1n) is 10.2. The number of piperazine rings is 1. The number of halogens is 1. The van der Waals surface area contributed by atoms with Crippen molar-refractivity contribution in [3.05, 3.63) is 64.7 Å². The van der Waals surface area contributed by atoms with Crippen molar-refractivity contribution < 1.29 is 4.79 Å². The molecule has 2 saturated heterocycles. The van der Waals surface area contributed by atoms with E-state index < -0.39 is 0 Å². The zero-order valence-electron chi connectivity index (χ0n) is 16.6. The summed E-state index contributed by atoms with van der Waals surface area (Å²) in [5.74, 6) is 2.70. The van der Waals surface area contributed by atoms with Crippen LogP contribution in [-0.4, -0.2) is 61.0 Å². The van der Waals surface area contributed by atoms with Gasteiger partial charge in [-0.2, -0.15) is 0 Å². The molecule has 1 atom stereocenters. The van der Waals surface area contributed by atoms with Crippen LogP contribution < -0.4 is 4.90 Å². The summed E-state index contributed by atoms with van der Waals surface area (Å²) in [5.41, 5.74) is 2.62. The van der Waals surface area contributed by atoms with Crippen LogP contribution in [-0.2, 0) is 0 Å². The molecule has 2 aromatic rings. The van der Waals surface area contributed by atoms with Crippen molar-refractivity contribution in [2.45, 2.75) is 18.9 Å². The Labute approximate surface area is 178 Å². The molecule has 5 heteroatoms. The van der Waals surface area contributed by atoms with Gasteiger partial charge in [-0.25, -0.2) is 0 Å². The number of terminal acetylenes is 1. The van der Waals surface area contributed by atoms with E-state index >= 15 is 0 Å². The highest BCUT2D eigenvalue weighted by Crippen LogP contribution is 2.24. The molecule has 4 nitrogen and oxygen atoms in total. The number of anilines is 1. The van der Waals surface area contributed by atoms with Crippen LogP contribution in [0.4, 0.5) is 5.69 Å². The summed E-state index contributed by atoms with van der Waals surface area (Å²) in [6.45, 7) is 5.58. The maximum absolute atomic E-state index is 13.0. The minimum absolute atomic E-state index is 0.0874. The molecule has 0 spiro atoms. The number of carbonyl (C=O) groups is 1. The van der Waals surface area contributed by atoms with Crippen molar-refractivity contribution in [1.82, 2.24) is 9.80 Å². The molecule has 29 heavy (non-hydrogen) atoms. The molecule has 150 valence electrons. The molecule has 2 aliphatic rings. The predicted octanol–water partition coefficient (Wildman–Crippen LogP) is 3.75. The van der Waals surface area contributed by atoms with Crippen molar-refractivity contribution >= 4 is 23.2 Å². The molecule has 0 radical (unpaired) electrons. The van der Waals surface area contributed by atoms with Gasteiger partial charge in [0.2, 0.25) is 0 Å². The first kappa shape index (κ1) is 19.8. The summed E-state index contributed by atoms with van der Waals surface area (Å²) in [6.07, 6.45) is 7.67. The SMILES string of the molecule is C#Cc1cccc(C(=O)N2CCCC(N3CCN(c4cccc(Cl)c4)CC3)C2)c1. The van der Waals surface area contributed by atoms with Crippen LogP contribution in [0, 0.1) is 12.3 Å². The maximum Gasteiger partial charge on any atom is 0.253 e. The van der Waals surface area contributed by atoms with Crippen LogP contribution in [0.25, 0.3) is 0 Å². The van der Waals surface area contributed by atoms with Crippen molar-refractivity contribution in [3.63, 3.8) is 0 Å². The van der Waals surface area contributed by atoms with Gasteiger partial charge in [0, 0.05) is 67.1 Å². The van der Waals surface area contributed by atoms with E-state index in [1.165, 1.54) is 5.69 Å². The van der Waals surface area contributed by atoms with Crippen LogP contribution in [0.3, 0.4) is 0 Å². The van der Waals surface area contributed by atoms with Crippen LogP contribution >= 0.6 is 11.6 Å². The predicted molar refractivity (Wildman–Crippen MR) is 119 cm³/mol. The Morgan fingerprint density at radius 2 is 1.83 bits per heavy atom. The van der Waals surface area contributed by atoms with Gasteiger partial charge in [-0.15, -0.1) is 6.42 Å². The van der Waals surface area contributed by atoms with Crippen molar-refractivity contribution in [3.8, 4) is 12.3 Å². The summed E-state index contributed by atoms with van der Waals surface area (Å²) < 4.78 is 0.